The predicted molar refractivity (Wildman–Crippen MR) is 97.2 cm³/mol. The summed E-state index contributed by atoms with van der Waals surface area (Å²) in [6, 6.07) is 11.3. The van der Waals surface area contributed by atoms with Crippen LogP contribution in [0.2, 0.25) is 0 Å². The zero-order valence-corrected chi connectivity index (χ0v) is 14.9. The highest BCUT2D eigenvalue weighted by Gasteiger charge is 2.30. The van der Waals surface area contributed by atoms with Gasteiger partial charge in [-0.05, 0) is 35.9 Å². The van der Waals surface area contributed by atoms with Gasteiger partial charge in [0.1, 0.15) is 0 Å². The Labute approximate surface area is 153 Å². The third-order valence-corrected chi connectivity index (χ3v) is 4.95. The molecule has 0 aliphatic carbocycles. The number of hydrogen-bond donors (Lipinski definition) is 1. The zero-order chi connectivity index (χ0) is 19.3. The molecular formula is C18H12N4O4S. The van der Waals surface area contributed by atoms with Crippen molar-refractivity contribution in [3.05, 3.63) is 69.3 Å². The summed E-state index contributed by atoms with van der Waals surface area (Å²) in [4.78, 5) is 29.9. The molecule has 0 saturated heterocycles. The molecule has 0 radical (unpaired) electrons. The molecule has 2 aromatic carbocycles. The lowest BCUT2D eigenvalue weighted by Gasteiger charge is -2.07. The standard InChI is InChI=1S/C18H12N4O4S/c1-27(25,26)20-9-11-2-4-14-12(7-11)18(24)22-15-5-3-10(8-19)6-13(15)16(23)17(22)21-14/h2-7,20H,9H2,1H3. The molecule has 2 heterocycles. The Hall–Kier alpha value is -3.35. The van der Waals surface area contributed by atoms with E-state index in [1.54, 1.807) is 24.3 Å². The van der Waals surface area contributed by atoms with E-state index in [0.717, 1.165) is 6.26 Å². The van der Waals surface area contributed by atoms with Gasteiger partial charge in [0.2, 0.25) is 15.8 Å². The number of nitriles is 1. The molecule has 134 valence electrons. The van der Waals surface area contributed by atoms with Gasteiger partial charge in [-0.3, -0.25) is 14.2 Å². The van der Waals surface area contributed by atoms with Gasteiger partial charge < -0.3 is 0 Å². The molecule has 0 amide bonds. The fourth-order valence-electron chi connectivity index (χ4n) is 3.04. The van der Waals surface area contributed by atoms with Gasteiger partial charge >= 0.3 is 0 Å². The van der Waals surface area contributed by atoms with Crippen LogP contribution < -0.4 is 10.3 Å². The van der Waals surface area contributed by atoms with Gasteiger partial charge in [-0.25, -0.2) is 18.1 Å². The Bertz CT molecular complexity index is 1350. The van der Waals surface area contributed by atoms with E-state index < -0.39 is 21.4 Å². The molecule has 0 atom stereocenters. The third-order valence-electron chi connectivity index (χ3n) is 4.29. The number of fused-ring (bicyclic) bond motifs is 4. The molecule has 1 aliphatic rings. The van der Waals surface area contributed by atoms with Gasteiger partial charge in [0.25, 0.3) is 5.56 Å². The van der Waals surface area contributed by atoms with Crippen LogP contribution >= 0.6 is 0 Å². The van der Waals surface area contributed by atoms with Gasteiger partial charge in [0, 0.05) is 6.54 Å². The Morgan fingerprint density at radius 2 is 1.96 bits per heavy atom. The van der Waals surface area contributed by atoms with Crippen molar-refractivity contribution in [3.8, 4) is 11.8 Å². The van der Waals surface area contributed by atoms with Gasteiger partial charge in [-0.1, -0.05) is 6.07 Å². The molecule has 0 unspecified atom stereocenters. The second-order valence-corrected chi connectivity index (χ2v) is 8.03. The zero-order valence-electron chi connectivity index (χ0n) is 14.1. The lowest BCUT2D eigenvalue weighted by Crippen LogP contribution is -2.23. The van der Waals surface area contributed by atoms with Crippen LogP contribution in [0, 0.1) is 11.3 Å². The van der Waals surface area contributed by atoms with Crippen LogP contribution in [0.4, 0.5) is 0 Å². The summed E-state index contributed by atoms with van der Waals surface area (Å²) >= 11 is 0. The molecule has 8 nitrogen and oxygen atoms in total. The molecule has 1 N–H and O–H groups in total. The van der Waals surface area contributed by atoms with Gasteiger partial charge in [-0.15, -0.1) is 0 Å². The summed E-state index contributed by atoms with van der Waals surface area (Å²) in [5.41, 5.74) is 1.48. The van der Waals surface area contributed by atoms with Crippen LogP contribution in [-0.2, 0) is 16.6 Å². The first-order valence-electron chi connectivity index (χ1n) is 7.88. The smallest absolute Gasteiger partial charge is 0.266 e. The second-order valence-electron chi connectivity index (χ2n) is 6.19. The maximum Gasteiger partial charge on any atom is 0.266 e. The van der Waals surface area contributed by atoms with E-state index in [9.17, 15) is 18.0 Å². The number of hydrogen-bond acceptors (Lipinski definition) is 6. The summed E-state index contributed by atoms with van der Waals surface area (Å²) in [7, 11) is -3.37. The molecule has 27 heavy (non-hydrogen) atoms. The minimum absolute atomic E-state index is 0.000370. The summed E-state index contributed by atoms with van der Waals surface area (Å²) < 4.78 is 26.1. The molecule has 4 rings (SSSR count). The number of nitrogens with one attached hydrogen (secondary N) is 1. The lowest BCUT2D eigenvalue weighted by atomic mass is 10.1. The van der Waals surface area contributed by atoms with Crippen molar-refractivity contribution >= 4 is 26.7 Å². The topological polar surface area (TPSA) is 122 Å². The van der Waals surface area contributed by atoms with E-state index in [4.69, 9.17) is 5.26 Å². The SMILES string of the molecule is CS(=O)(=O)NCc1ccc2nc3n(c(=O)c2c1)-c1ccc(C#N)cc1C3=O. The minimum atomic E-state index is -3.37. The van der Waals surface area contributed by atoms with E-state index in [1.807, 2.05) is 6.07 Å². The van der Waals surface area contributed by atoms with E-state index in [2.05, 4.69) is 9.71 Å². The highest BCUT2D eigenvalue weighted by molar-refractivity contribution is 7.88. The first-order chi connectivity index (χ1) is 12.8. The van der Waals surface area contributed by atoms with Crippen molar-refractivity contribution in [1.29, 1.82) is 5.26 Å². The second kappa shape index (κ2) is 5.84. The minimum Gasteiger partial charge on any atom is -0.285 e. The molecule has 0 fully saturated rings. The Morgan fingerprint density at radius 3 is 2.67 bits per heavy atom. The Balaban J connectivity index is 1.90. The third kappa shape index (κ3) is 2.81. The monoisotopic (exact) mass is 380 g/mol. The largest absolute Gasteiger partial charge is 0.285 e. The lowest BCUT2D eigenvalue weighted by molar-refractivity contribution is 0.103. The highest BCUT2D eigenvalue weighted by Crippen LogP contribution is 2.27. The van der Waals surface area contributed by atoms with Gasteiger partial charge in [-0.2, -0.15) is 5.26 Å². The number of aromatic nitrogens is 2. The van der Waals surface area contributed by atoms with E-state index in [0.29, 0.717) is 22.3 Å². The summed E-state index contributed by atoms with van der Waals surface area (Å²) in [6.07, 6.45) is 1.05. The number of benzene rings is 2. The Kier molecular flexibility index (Phi) is 3.69. The predicted octanol–water partition coefficient (Wildman–Crippen LogP) is 0.851. The average Bonchev–Trinajstić information content (AvgIpc) is 2.92. The van der Waals surface area contributed by atoms with E-state index in [-0.39, 0.29) is 23.3 Å². The van der Waals surface area contributed by atoms with Gasteiger partial charge in [0.05, 0.1) is 40.0 Å². The quantitative estimate of drug-likeness (QED) is 0.562. The molecule has 3 aromatic rings. The Morgan fingerprint density at radius 1 is 1.19 bits per heavy atom. The number of carbonyl (C=O) groups excluding carboxylic acids is 1. The molecule has 1 aromatic heterocycles. The van der Waals surface area contributed by atoms with Crippen LogP contribution in [0.3, 0.4) is 0 Å². The van der Waals surface area contributed by atoms with E-state index >= 15 is 0 Å². The van der Waals surface area contributed by atoms with Crippen LogP contribution in [0.25, 0.3) is 16.6 Å². The van der Waals surface area contributed by atoms with Crippen molar-refractivity contribution in [3.63, 3.8) is 0 Å². The van der Waals surface area contributed by atoms with Crippen LogP contribution in [0.15, 0.2) is 41.2 Å². The van der Waals surface area contributed by atoms with Crippen molar-refractivity contribution in [2.75, 3.05) is 6.26 Å². The number of sulfonamides is 1. The maximum atomic E-state index is 13.0. The number of nitrogens with zero attached hydrogens (tertiary/aromatic N) is 3. The van der Waals surface area contributed by atoms with Crippen molar-refractivity contribution in [1.82, 2.24) is 14.3 Å². The van der Waals surface area contributed by atoms with Crippen molar-refractivity contribution in [2.45, 2.75) is 6.54 Å². The van der Waals surface area contributed by atoms with Crippen LogP contribution in [-0.4, -0.2) is 30.0 Å². The molecule has 0 saturated carbocycles. The molecule has 0 spiro atoms. The van der Waals surface area contributed by atoms with Crippen LogP contribution in [0.1, 0.15) is 27.3 Å². The average molecular weight is 380 g/mol. The van der Waals surface area contributed by atoms with Crippen molar-refractivity contribution < 1.29 is 13.2 Å². The summed E-state index contributed by atoms with van der Waals surface area (Å²) in [6.45, 7) is 0.0387. The highest BCUT2D eigenvalue weighted by atomic mass is 32.2. The molecule has 1 aliphatic heterocycles. The summed E-state index contributed by atoms with van der Waals surface area (Å²) in [5, 5.41) is 9.30. The normalized spacial score (nSPS) is 12.7. The first-order valence-corrected chi connectivity index (χ1v) is 9.77. The first kappa shape index (κ1) is 17.1. The number of ketones is 1. The van der Waals surface area contributed by atoms with Crippen molar-refractivity contribution in [2.24, 2.45) is 0 Å². The number of carbonyl (C=O) groups is 1. The molecule has 9 heteroatoms. The van der Waals surface area contributed by atoms with Crippen LogP contribution in [0.5, 0.6) is 0 Å². The fraction of sp³-hybridized carbons (Fsp3) is 0.111. The van der Waals surface area contributed by atoms with E-state index in [1.165, 1.54) is 16.7 Å². The summed E-state index contributed by atoms with van der Waals surface area (Å²) in [5.74, 6) is -0.413. The molecular weight excluding hydrogens is 368 g/mol. The maximum absolute atomic E-state index is 13.0. The number of rotatable bonds is 3. The fourth-order valence-corrected chi connectivity index (χ4v) is 3.46. The van der Waals surface area contributed by atoms with Gasteiger partial charge in [0.15, 0.2) is 5.82 Å². The molecule has 0 bridgehead atoms.